The normalized spacial score (nSPS) is 13.9. The smallest absolute Gasteiger partial charge is 0.228 e. The summed E-state index contributed by atoms with van der Waals surface area (Å²) in [6, 6.07) is 8.10. The zero-order valence-corrected chi connectivity index (χ0v) is 8.83. The second-order valence-corrected chi connectivity index (χ2v) is 3.72. The minimum absolute atomic E-state index is 0.0847. The topological polar surface area (TPSA) is 69.1 Å². The van der Waals surface area contributed by atoms with Crippen molar-refractivity contribution in [2.75, 3.05) is 13.1 Å². The van der Waals surface area contributed by atoms with Gasteiger partial charge in [-0.05, 0) is 23.1 Å². The lowest BCUT2D eigenvalue weighted by molar-refractivity contribution is -0.130. The zero-order chi connectivity index (χ0) is 11.4. The van der Waals surface area contributed by atoms with E-state index in [0.717, 1.165) is 6.42 Å². The molecule has 1 amide bonds. The number of hydrogen-bond donors (Lipinski definition) is 0. The van der Waals surface area contributed by atoms with Gasteiger partial charge in [0.25, 0.3) is 0 Å². The molecule has 82 valence electrons. The van der Waals surface area contributed by atoms with Gasteiger partial charge in [-0.25, -0.2) is 0 Å². The van der Waals surface area contributed by atoms with Crippen LogP contribution in [0, 0.1) is 0 Å². The van der Waals surface area contributed by atoms with E-state index in [1.54, 1.807) is 4.90 Å². The summed E-state index contributed by atoms with van der Waals surface area (Å²) in [5.74, 6) is -0.104. The Labute approximate surface area is 93.3 Å². The van der Waals surface area contributed by atoms with Gasteiger partial charge in [0.1, 0.15) is 6.54 Å². The molecule has 16 heavy (non-hydrogen) atoms. The summed E-state index contributed by atoms with van der Waals surface area (Å²) in [4.78, 5) is 16.0. The van der Waals surface area contributed by atoms with E-state index in [4.69, 9.17) is 5.53 Å². The van der Waals surface area contributed by atoms with Crippen LogP contribution in [0.3, 0.4) is 0 Å². The number of benzene rings is 1. The standard InChI is InChI=1S/C11H12N4O/c12-14-13-7-11(16)15-6-5-9-3-1-2-4-10(9)8-15/h1-4H,5-8H2. The number of carbonyl (C=O) groups excluding carboxylic acids is 1. The second kappa shape index (κ2) is 4.68. The second-order valence-electron chi connectivity index (χ2n) is 3.72. The average Bonchev–Trinajstić information content (AvgIpc) is 2.35. The Kier molecular flexibility index (Phi) is 3.08. The van der Waals surface area contributed by atoms with Gasteiger partial charge < -0.3 is 4.90 Å². The van der Waals surface area contributed by atoms with Gasteiger partial charge >= 0.3 is 0 Å². The molecule has 0 aliphatic carbocycles. The van der Waals surface area contributed by atoms with E-state index in [2.05, 4.69) is 16.1 Å². The van der Waals surface area contributed by atoms with Crippen LogP contribution in [-0.2, 0) is 17.8 Å². The Hall–Kier alpha value is -2.00. The number of fused-ring (bicyclic) bond motifs is 1. The Morgan fingerprint density at radius 3 is 2.94 bits per heavy atom. The van der Waals surface area contributed by atoms with Gasteiger partial charge in [0.2, 0.25) is 5.91 Å². The monoisotopic (exact) mass is 216 g/mol. The third-order valence-corrected chi connectivity index (χ3v) is 2.75. The molecule has 0 N–H and O–H groups in total. The van der Waals surface area contributed by atoms with Crippen molar-refractivity contribution in [2.45, 2.75) is 13.0 Å². The highest BCUT2D eigenvalue weighted by molar-refractivity contribution is 5.78. The molecule has 5 heteroatoms. The Balaban J connectivity index is 2.07. The molecular weight excluding hydrogens is 204 g/mol. The molecule has 0 spiro atoms. The van der Waals surface area contributed by atoms with Crippen molar-refractivity contribution in [1.82, 2.24) is 4.90 Å². The van der Waals surface area contributed by atoms with Crippen LogP contribution in [-0.4, -0.2) is 23.9 Å². The van der Waals surface area contributed by atoms with Crippen LogP contribution in [0.2, 0.25) is 0 Å². The van der Waals surface area contributed by atoms with Crippen LogP contribution in [0.1, 0.15) is 11.1 Å². The molecule has 0 radical (unpaired) electrons. The fourth-order valence-electron chi connectivity index (χ4n) is 1.90. The lowest BCUT2D eigenvalue weighted by Crippen LogP contribution is -2.37. The summed E-state index contributed by atoms with van der Waals surface area (Å²) < 4.78 is 0. The van der Waals surface area contributed by atoms with Crippen molar-refractivity contribution in [1.29, 1.82) is 0 Å². The lowest BCUT2D eigenvalue weighted by atomic mass is 10.00. The third-order valence-electron chi connectivity index (χ3n) is 2.75. The molecule has 1 aliphatic rings. The van der Waals surface area contributed by atoms with E-state index in [-0.39, 0.29) is 12.5 Å². The van der Waals surface area contributed by atoms with Crippen molar-refractivity contribution in [2.24, 2.45) is 5.11 Å². The van der Waals surface area contributed by atoms with Crippen LogP contribution in [0.25, 0.3) is 10.4 Å². The van der Waals surface area contributed by atoms with Crippen LogP contribution < -0.4 is 0 Å². The molecule has 5 nitrogen and oxygen atoms in total. The maximum absolute atomic E-state index is 11.6. The van der Waals surface area contributed by atoms with E-state index in [1.807, 2.05) is 18.2 Å². The molecule has 1 heterocycles. The summed E-state index contributed by atoms with van der Waals surface area (Å²) >= 11 is 0. The SMILES string of the molecule is [N-]=[N+]=NCC(=O)N1CCc2ccccc2C1. The molecule has 0 fully saturated rings. The van der Waals surface area contributed by atoms with Gasteiger partial charge in [-0.2, -0.15) is 0 Å². The minimum atomic E-state index is -0.104. The van der Waals surface area contributed by atoms with E-state index in [0.29, 0.717) is 13.1 Å². The van der Waals surface area contributed by atoms with Gasteiger partial charge in [-0.1, -0.05) is 29.4 Å². The quantitative estimate of drug-likeness (QED) is 0.422. The highest BCUT2D eigenvalue weighted by Gasteiger charge is 2.19. The Morgan fingerprint density at radius 2 is 2.19 bits per heavy atom. The number of nitrogens with zero attached hydrogens (tertiary/aromatic N) is 4. The van der Waals surface area contributed by atoms with Gasteiger partial charge in [-0.3, -0.25) is 4.79 Å². The van der Waals surface area contributed by atoms with Crippen LogP contribution in [0.4, 0.5) is 0 Å². The summed E-state index contributed by atoms with van der Waals surface area (Å²) in [6.45, 7) is 1.24. The van der Waals surface area contributed by atoms with E-state index >= 15 is 0 Å². The van der Waals surface area contributed by atoms with Crippen molar-refractivity contribution in [3.05, 3.63) is 45.8 Å². The molecule has 0 atom stereocenters. The van der Waals surface area contributed by atoms with Crippen LogP contribution in [0.15, 0.2) is 29.4 Å². The van der Waals surface area contributed by atoms with Gasteiger partial charge in [0.05, 0.1) is 0 Å². The van der Waals surface area contributed by atoms with Gasteiger partial charge in [0, 0.05) is 18.0 Å². The molecule has 1 aromatic rings. The lowest BCUT2D eigenvalue weighted by Gasteiger charge is -2.28. The summed E-state index contributed by atoms with van der Waals surface area (Å²) in [7, 11) is 0. The summed E-state index contributed by atoms with van der Waals surface area (Å²) in [5.41, 5.74) is 10.6. The number of rotatable bonds is 2. The summed E-state index contributed by atoms with van der Waals surface area (Å²) in [6.07, 6.45) is 0.873. The van der Waals surface area contributed by atoms with Gasteiger partial charge in [0.15, 0.2) is 0 Å². The molecule has 0 aromatic heterocycles. The summed E-state index contributed by atoms with van der Waals surface area (Å²) in [5, 5.41) is 3.29. The molecule has 2 rings (SSSR count). The Bertz CT molecular complexity index is 451. The number of azide groups is 1. The molecule has 0 unspecified atom stereocenters. The predicted molar refractivity (Wildman–Crippen MR) is 59.6 cm³/mol. The van der Waals surface area contributed by atoms with Crippen LogP contribution >= 0.6 is 0 Å². The number of carbonyl (C=O) groups is 1. The minimum Gasteiger partial charge on any atom is -0.338 e. The van der Waals surface area contributed by atoms with E-state index < -0.39 is 0 Å². The van der Waals surface area contributed by atoms with Gasteiger partial charge in [-0.15, -0.1) is 0 Å². The molecule has 1 aliphatic heterocycles. The first-order valence-corrected chi connectivity index (χ1v) is 5.16. The van der Waals surface area contributed by atoms with Crippen molar-refractivity contribution in [3.8, 4) is 0 Å². The first kappa shape index (κ1) is 10.5. The largest absolute Gasteiger partial charge is 0.338 e. The molecule has 0 bridgehead atoms. The molecule has 0 saturated heterocycles. The fourth-order valence-corrected chi connectivity index (χ4v) is 1.90. The third kappa shape index (κ3) is 2.15. The zero-order valence-electron chi connectivity index (χ0n) is 8.83. The molecule has 0 saturated carbocycles. The predicted octanol–water partition coefficient (Wildman–Crippen LogP) is 1.88. The maximum Gasteiger partial charge on any atom is 0.228 e. The van der Waals surface area contributed by atoms with Crippen molar-refractivity contribution < 1.29 is 4.79 Å². The molecule has 1 aromatic carbocycles. The van der Waals surface area contributed by atoms with Crippen molar-refractivity contribution in [3.63, 3.8) is 0 Å². The highest BCUT2D eigenvalue weighted by Crippen LogP contribution is 2.18. The fraction of sp³-hybridized carbons (Fsp3) is 0.364. The highest BCUT2D eigenvalue weighted by atomic mass is 16.2. The number of amides is 1. The average molecular weight is 216 g/mol. The van der Waals surface area contributed by atoms with Crippen molar-refractivity contribution >= 4 is 5.91 Å². The van der Waals surface area contributed by atoms with Crippen LogP contribution in [0.5, 0.6) is 0 Å². The first-order valence-electron chi connectivity index (χ1n) is 5.16. The first-order chi connectivity index (χ1) is 7.81. The van der Waals surface area contributed by atoms with E-state index in [1.165, 1.54) is 11.1 Å². The van der Waals surface area contributed by atoms with E-state index in [9.17, 15) is 4.79 Å². The molecular formula is C11H12N4O. The maximum atomic E-state index is 11.6. The Morgan fingerprint density at radius 1 is 1.44 bits per heavy atom. The number of hydrogen-bond acceptors (Lipinski definition) is 2.